The maximum absolute atomic E-state index is 12.9. The Morgan fingerprint density at radius 2 is 1.90 bits per heavy atom. The van der Waals surface area contributed by atoms with E-state index in [-0.39, 0.29) is 11.2 Å². The van der Waals surface area contributed by atoms with E-state index in [0.717, 1.165) is 0 Å². The third-order valence-electron chi connectivity index (χ3n) is 2.76. The molecule has 108 valence electrons. The smallest absolute Gasteiger partial charge is 0.297 e. The number of aliphatic hydroxyl groups is 1. The van der Waals surface area contributed by atoms with Crippen LogP contribution in [0.25, 0.3) is 0 Å². The minimum absolute atomic E-state index is 0.168. The lowest BCUT2D eigenvalue weighted by Gasteiger charge is -2.35. The molecule has 0 aliphatic heterocycles. The van der Waals surface area contributed by atoms with Crippen molar-refractivity contribution in [2.24, 2.45) is 5.41 Å². The van der Waals surface area contributed by atoms with Crippen LogP contribution in [0.1, 0.15) is 27.2 Å². The molecular formula is C15H19FN2O2. The Balaban J connectivity index is 2.29. The zero-order valence-electron chi connectivity index (χ0n) is 11.9. The van der Waals surface area contributed by atoms with Crippen molar-refractivity contribution in [3.05, 3.63) is 48.8 Å². The fourth-order valence-electron chi connectivity index (χ4n) is 2.03. The Morgan fingerprint density at radius 3 is 2.40 bits per heavy atom. The second-order valence-electron chi connectivity index (χ2n) is 6.01. The molecule has 0 aliphatic carbocycles. The fraction of sp³-hybridized carbons (Fsp3) is 0.400. The Kier molecular flexibility index (Phi) is 3.81. The van der Waals surface area contributed by atoms with Gasteiger partial charge in [-0.25, -0.2) is 9.37 Å². The molecule has 0 fully saturated rings. The Labute approximate surface area is 117 Å². The summed E-state index contributed by atoms with van der Waals surface area (Å²) in [6.07, 6.45) is 5.06. The lowest BCUT2D eigenvalue weighted by atomic mass is 9.90. The SMILES string of the molecule is CC(C)(C)CC(O)(Oc1ccc(F)cc1)n1ccnc1. The first-order valence-corrected chi connectivity index (χ1v) is 6.44. The summed E-state index contributed by atoms with van der Waals surface area (Å²) in [6, 6.07) is 5.56. The molecule has 4 nitrogen and oxygen atoms in total. The van der Waals surface area contributed by atoms with Gasteiger partial charge in [0, 0.05) is 18.8 Å². The summed E-state index contributed by atoms with van der Waals surface area (Å²) < 4.78 is 20.1. The van der Waals surface area contributed by atoms with Crippen molar-refractivity contribution in [3.63, 3.8) is 0 Å². The minimum atomic E-state index is -1.56. The molecule has 1 N–H and O–H groups in total. The standard InChI is InChI=1S/C15H19FN2O2/c1-14(2,3)10-15(19,18-9-8-17-11-18)20-13-6-4-12(16)5-7-13/h4-9,11,19H,10H2,1-3H3. The summed E-state index contributed by atoms with van der Waals surface area (Å²) in [5.41, 5.74) is -0.168. The predicted octanol–water partition coefficient (Wildman–Crippen LogP) is 3.14. The Morgan fingerprint density at radius 1 is 1.25 bits per heavy atom. The predicted molar refractivity (Wildman–Crippen MR) is 73.5 cm³/mol. The van der Waals surface area contributed by atoms with Gasteiger partial charge in [0.15, 0.2) is 0 Å². The zero-order chi connectivity index (χ0) is 14.8. The van der Waals surface area contributed by atoms with Crippen molar-refractivity contribution in [2.75, 3.05) is 0 Å². The molecule has 0 radical (unpaired) electrons. The lowest BCUT2D eigenvalue weighted by molar-refractivity contribution is -0.225. The van der Waals surface area contributed by atoms with Gasteiger partial charge >= 0.3 is 0 Å². The number of hydrogen-bond donors (Lipinski definition) is 1. The summed E-state index contributed by atoms with van der Waals surface area (Å²) >= 11 is 0. The van der Waals surface area contributed by atoms with Crippen molar-refractivity contribution in [1.82, 2.24) is 9.55 Å². The van der Waals surface area contributed by atoms with E-state index >= 15 is 0 Å². The Bertz CT molecular complexity index is 546. The van der Waals surface area contributed by atoms with Gasteiger partial charge in [-0.3, -0.25) is 4.57 Å². The molecule has 1 atom stereocenters. The lowest BCUT2D eigenvalue weighted by Crippen LogP contribution is -2.42. The monoisotopic (exact) mass is 278 g/mol. The van der Waals surface area contributed by atoms with Crippen LogP contribution in [0.3, 0.4) is 0 Å². The van der Waals surface area contributed by atoms with Gasteiger partial charge in [0.05, 0.1) is 6.33 Å². The van der Waals surface area contributed by atoms with Crippen LogP contribution in [0.5, 0.6) is 5.75 Å². The summed E-state index contributed by atoms with van der Waals surface area (Å²) in [6.45, 7) is 6.01. The number of rotatable bonds is 4. The van der Waals surface area contributed by atoms with Gasteiger partial charge in [-0.15, -0.1) is 0 Å². The quantitative estimate of drug-likeness (QED) is 0.874. The van der Waals surface area contributed by atoms with Gasteiger partial charge in [0.2, 0.25) is 0 Å². The fourth-order valence-corrected chi connectivity index (χ4v) is 2.03. The summed E-state index contributed by atoms with van der Waals surface area (Å²) in [4.78, 5) is 3.94. The van der Waals surface area contributed by atoms with Crippen LogP contribution in [-0.4, -0.2) is 14.7 Å². The van der Waals surface area contributed by atoms with Crippen LogP contribution in [0.4, 0.5) is 4.39 Å². The molecule has 1 heterocycles. The molecule has 0 saturated heterocycles. The second-order valence-corrected chi connectivity index (χ2v) is 6.01. The number of aromatic nitrogens is 2. The van der Waals surface area contributed by atoms with E-state index in [2.05, 4.69) is 4.98 Å². The van der Waals surface area contributed by atoms with Gasteiger partial charge in [-0.2, -0.15) is 0 Å². The van der Waals surface area contributed by atoms with E-state index in [0.29, 0.717) is 12.2 Å². The van der Waals surface area contributed by atoms with Gasteiger partial charge in [-0.05, 0) is 29.7 Å². The van der Waals surface area contributed by atoms with Crippen molar-refractivity contribution in [3.8, 4) is 5.75 Å². The average Bonchev–Trinajstić information content (AvgIpc) is 2.84. The highest BCUT2D eigenvalue weighted by molar-refractivity contribution is 5.22. The van der Waals surface area contributed by atoms with Gasteiger partial charge in [-0.1, -0.05) is 20.8 Å². The van der Waals surface area contributed by atoms with Crippen molar-refractivity contribution in [2.45, 2.75) is 33.1 Å². The summed E-state index contributed by atoms with van der Waals surface area (Å²) in [7, 11) is 0. The molecule has 2 aromatic rings. The molecule has 20 heavy (non-hydrogen) atoms. The first-order valence-electron chi connectivity index (χ1n) is 6.44. The molecule has 0 amide bonds. The topological polar surface area (TPSA) is 47.3 Å². The van der Waals surface area contributed by atoms with Crippen LogP contribution in [-0.2, 0) is 5.91 Å². The molecule has 0 bridgehead atoms. The maximum atomic E-state index is 12.9. The van der Waals surface area contributed by atoms with E-state index in [9.17, 15) is 9.50 Å². The van der Waals surface area contributed by atoms with E-state index in [1.54, 1.807) is 12.4 Å². The number of ether oxygens (including phenoxy) is 1. The van der Waals surface area contributed by atoms with Crippen LogP contribution >= 0.6 is 0 Å². The molecule has 1 aromatic heterocycles. The highest BCUT2D eigenvalue weighted by Gasteiger charge is 2.36. The minimum Gasteiger partial charge on any atom is -0.444 e. The van der Waals surface area contributed by atoms with Crippen LogP contribution in [0.15, 0.2) is 43.0 Å². The molecule has 1 aromatic carbocycles. The van der Waals surface area contributed by atoms with Gasteiger partial charge in [0.1, 0.15) is 11.6 Å². The van der Waals surface area contributed by atoms with Gasteiger partial charge in [0.25, 0.3) is 5.91 Å². The highest BCUT2D eigenvalue weighted by atomic mass is 19.1. The second kappa shape index (κ2) is 5.25. The molecule has 2 rings (SSSR count). The third-order valence-corrected chi connectivity index (χ3v) is 2.76. The largest absolute Gasteiger partial charge is 0.444 e. The molecule has 5 heteroatoms. The number of nitrogens with zero attached hydrogens (tertiary/aromatic N) is 2. The number of imidazole rings is 1. The molecule has 0 spiro atoms. The Hall–Kier alpha value is -1.88. The maximum Gasteiger partial charge on any atom is 0.297 e. The number of benzene rings is 1. The molecule has 0 aliphatic rings. The zero-order valence-corrected chi connectivity index (χ0v) is 11.9. The van der Waals surface area contributed by atoms with Crippen LogP contribution in [0.2, 0.25) is 0 Å². The van der Waals surface area contributed by atoms with E-state index in [1.807, 2.05) is 20.8 Å². The van der Waals surface area contributed by atoms with Crippen LogP contribution < -0.4 is 4.74 Å². The normalized spacial score (nSPS) is 14.8. The summed E-state index contributed by atoms with van der Waals surface area (Å²) in [5.74, 6) is -1.52. The van der Waals surface area contributed by atoms with Gasteiger partial charge < -0.3 is 9.84 Å². The van der Waals surface area contributed by atoms with Crippen LogP contribution in [0, 0.1) is 11.2 Å². The molecule has 1 unspecified atom stereocenters. The van der Waals surface area contributed by atoms with Crippen molar-refractivity contribution < 1.29 is 14.2 Å². The molecule has 0 saturated carbocycles. The number of hydrogen-bond acceptors (Lipinski definition) is 3. The van der Waals surface area contributed by atoms with E-state index in [4.69, 9.17) is 4.74 Å². The average molecular weight is 278 g/mol. The molecular weight excluding hydrogens is 259 g/mol. The number of halogens is 1. The first kappa shape index (κ1) is 14.5. The van der Waals surface area contributed by atoms with Crippen molar-refractivity contribution >= 4 is 0 Å². The van der Waals surface area contributed by atoms with E-state index in [1.165, 1.54) is 35.2 Å². The van der Waals surface area contributed by atoms with E-state index < -0.39 is 5.91 Å². The highest BCUT2D eigenvalue weighted by Crippen LogP contribution is 2.33. The summed E-state index contributed by atoms with van der Waals surface area (Å²) in [5, 5.41) is 10.8. The first-order chi connectivity index (χ1) is 9.28. The third kappa shape index (κ3) is 3.57. The van der Waals surface area contributed by atoms with Crippen molar-refractivity contribution in [1.29, 1.82) is 0 Å².